The normalized spacial score (nSPS) is 21.1. The van der Waals surface area contributed by atoms with Gasteiger partial charge in [0, 0.05) is 6.04 Å². The van der Waals surface area contributed by atoms with Crippen molar-refractivity contribution >= 4 is 9.84 Å². The van der Waals surface area contributed by atoms with Gasteiger partial charge in [0.25, 0.3) is 5.89 Å². The minimum atomic E-state index is -2.89. The van der Waals surface area contributed by atoms with Crippen LogP contribution >= 0.6 is 0 Å². The summed E-state index contributed by atoms with van der Waals surface area (Å²) in [6.45, 7) is 3.21. The van der Waals surface area contributed by atoms with Crippen molar-refractivity contribution in [2.75, 3.05) is 18.1 Å². The molecule has 8 heteroatoms. The van der Waals surface area contributed by atoms with Crippen LogP contribution in [0.4, 0.5) is 0 Å². The van der Waals surface area contributed by atoms with Crippen molar-refractivity contribution in [2.24, 2.45) is 0 Å². The van der Waals surface area contributed by atoms with E-state index in [-0.39, 0.29) is 17.5 Å². The molecule has 1 unspecified atom stereocenters. The molecule has 7 nitrogen and oxygen atoms in total. The zero-order valence-electron chi connectivity index (χ0n) is 11.7. The number of aromatic nitrogens is 2. The second-order valence-corrected chi connectivity index (χ2v) is 7.34. The van der Waals surface area contributed by atoms with Crippen LogP contribution in [0.5, 0.6) is 0 Å². The molecule has 2 aromatic rings. The van der Waals surface area contributed by atoms with Crippen LogP contribution in [0.15, 0.2) is 27.3 Å². The van der Waals surface area contributed by atoms with Crippen LogP contribution in [-0.2, 0) is 16.4 Å². The van der Waals surface area contributed by atoms with Gasteiger partial charge in [0.2, 0.25) is 0 Å². The number of hydrogen-bond acceptors (Lipinski definition) is 7. The maximum absolute atomic E-state index is 11.6. The number of furan rings is 1. The number of nitrogens with zero attached hydrogens (tertiary/aromatic N) is 3. The molecular weight excluding hydrogens is 294 g/mol. The van der Waals surface area contributed by atoms with Gasteiger partial charge in [0.1, 0.15) is 0 Å². The largest absolute Gasteiger partial charge is 0.459 e. The van der Waals surface area contributed by atoms with Gasteiger partial charge in [-0.15, -0.1) is 0 Å². The molecule has 0 radical (unpaired) electrons. The molecule has 0 saturated carbocycles. The molecular formula is C13H17N3O4S. The van der Waals surface area contributed by atoms with Crippen LogP contribution in [0.2, 0.25) is 0 Å². The molecule has 3 rings (SSSR count). The fraction of sp³-hybridized carbons (Fsp3) is 0.538. The maximum atomic E-state index is 11.6. The summed E-state index contributed by atoms with van der Waals surface area (Å²) in [6.07, 6.45) is 2.21. The SMILES string of the molecule is CCN(Cc1noc(-c2ccco2)n1)C1CCS(=O)(=O)C1. The summed E-state index contributed by atoms with van der Waals surface area (Å²) in [5.74, 6) is 1.87. The van der Waals surface area contributed by atoms with Crippen molar-refractivity contribution in [3.05, 3.63) is 24.2 Å². The molecule has 114 valence electrons. The molecule has 1 fully saturated rings. The lowest BCUT2D eigenvalue weighted by atomic mass is 10.2. The molecule has 1 aliphatic rings. The van der Waals surface area contributed by atoms with Gasteiger partial charge in [-0.1, -0.05) is 12.1 Å². The summed E-state index contributed by atoms with van der Waals surface area (Å²) in [5.41, 5.74) is 0. The second-order valence-electron chi connectivity index (χ2n) is 5.11. The highest BCUT2D eigenvalue weighted by molar-refractivity contribution is 7.91. The van der Waals surface area contributed by atoms with E-state index in [1.54, 1.807) is 18.4 Å². The third-order valence-corrected chi connectivity index (χ3v) is 5.43. The first-order valence-electron chi connectivity index (χ1n) is 6.88. The van der Waals surface area contributed by atoms with Gasteiger partial charge in [0.05, 0.1) is 24.3 Å². The molecule has 2 aromatic heterocycles. The van der Waals surface area contributed by atoms with E-state index in [0.29, 0.717) is 30.4 Å². The molecule has 1 saturated heterocycles. The Morgan fingerprint density at radius 3 is 2.95 bits per heavy atom. The van der Waals surface area contributed by atoms with Crippen LogP contribution in [0.1, 0.15) is 19.2 Å². The highest BCUT2D eigenvalue weighted by Crippen LogP contribution is 2.21. The van der Waals surface area contributed by atoms with Crippen LogP contribution < -0.4 is 0 Å². The van der Waals surface area contributed by atoms with Gasteiger partial charge in [-0.05, 0) is 25.1 Å². The van der Waals surface area contributed by atoms with Crippen molar-refractivity contribution in [3.63, 3.8) is 0 Å². The summed E-state index contributed by atoms with van der Waals surface area (Å²) in [5, 5.41) is 3.93. The van der Waals surface area contributed by atoms with Gasteiger partial charge >= 0.3 is 0 Å². The Morgan fingerprint density at radius 1 is 1.48 bits per heavy atom. The average Bonchev–Trinajstić information content (AvgIpc) is 3.15. The Balaban J connectivity index is 1.70. The lowest BCUT2D eigenvalue weighted by Gasteiger charge is -2.24. The molecule has 21 heavy (non-hydrogen) atoms. The topological polar surface area (TPSA) is 89.4 Å². The predicted octanol–water partition coefficient (Wildman–Crippen LogP) is 1.34. The highest BCUT2D eigenvalue weighted by atomic mass is 32.2. The number of sulfone groups is 1. The van der Waals surface area contributed by atoms with E-state index in [1.165, 1.54) is 0 Å². The van der Waals surface area contributed by atoms with Crippen molar-refractivity contribution in [2.45, 2.75) is 25.9 Å². The molecule has 0 bridgehead atoms. The zero-order valence-corrected chi connectivity index (χ0v) is 12.5. The lowest BCUT2D eigenvalue weighted by molar-refractivity contribution is 0.207. The third-order valence-electron chi connectivity index (χ3n) is 3.68. The van der Waals surface area contributed by atoms with E-state index in [9.17, 15) is 8.42 Å². The molecule has 0 aliphatic carbocycles. The summed E-state index contributed by atoms with van der Waals surface area (Å²) < 4.78 is 33.5. The van der Waals surface area contributed by atoms with Gasteiger partial charge in [-0.2, -0.15) is 4.98 Å². The van der Waals surface area contributed by atoms with Gasteiger partial charge < -0.3 is 8.94 Å². The van der Waals surface area contributed by atoms with E-state index >= 15 is 0 Å². The molecule has 1 atom stereocenters. The van der Waals surface area contributed by atoms with Crippen molar-refractivity contribution in [3.8, 4) is 11.7 Å². The predicted molar refractivity (Wildman–Crippen MR) is 75.1 cm³/mol. The fourth-order valence-corrected chi connectivity index (χ4v) is 4.32. The first kappa shape index (κ1) is 14.3. The Kier molecular flexibility index (Phi) is 3.81. The molecule has 0 amide bonds. The van der Waals surface area contributed by atoms with Gasteiger partial charge in [-0.3, -0.25) is 4.90 Å². The summed E-state index contributed by atoms with van der Waals surface area (Å²) in [7, 11) is -2.89. The number of rotatable bonds is 5. The molecule has 0 spiro atoms. The van der Waals surface area contributed by atoms with E-state index < -0.39 is 9.84 Å². The monoisotopic (exact) mass is 311 g/mol. The molecule has 0 N–H and O–H groups in total. The standard InChI is InChI=1S/C13H17N3O4S/c1-2-16(10-5-7-21(17,18)9-10)8-12-14-13(20-15-12)11-4-3-6-19-11/h3-4,6,10H,2,5,7-9H2,1H3. The Labute approximate surface area is 122 Å². The van der Waals surface area contributed by atoms with E-state index in [4.69, 9.17) is 8.94 Å². The Hall–Kier alpha value is -1.67. The van der Waals surface area contributed by atoms with Crippen molar-refractivity contribution in [1.82, 2.24) is 15.0 Å². The van der Waals surface area contributed by atoms with E-state index in [1.807, 2.05) is 6.92 Å². The van der Waals surface area contributed by atoms with Gasteiger partial charge in [0.15, 0.2) is 21.4 Å². The molecule has 0 aromatic carbocycles. The zero-order chi connectivity index (χ0) is 14.9. The smallest absolute Gasteiger partial charge is 0.293 e. The van der Waals surface area contributed by atoms with Crippen LogP contribution in [0, 0.1) is 0 Å². The summed E-state index contributed by atoms with van der Waals surface area (Å²) in [6, 6.07) is 3.53. The summed E-state index contributed by atoms with van der Waals surface area (Å²) in [4.78, 5) is 6.36. The van der Waals surface area contributed by atoms with Gasteiger partial charge in [-0.25, -0.2) is 8.42 Å². The third kappa shape index (κ3) is 3.16. The van der Waals surface area contributed by atoms with Crippen molar-refractivity contribution in [1.29, 1.82) is 0 Å². The summed E-state index contributed by atoms with van der Waals surface area (Å²) >= 11 is 0. The Bertz CT molecular complexity index is 693. The minimum absolute atomic E-state index is 0.0329. The van der Waals surface area contributed by atoms with Crippen molar-refractivity contribution < 1.29 is 17.4 Å². The van der Waals surface area contributed by atoms with E-state index in [0.717, 1.165) is 6.54 Å². The second kappa shape index (κ2) is 5.61. The number of hydrogen-bond donors (Lipinski definition) is 0. The van der Waals surface area contributed by atoms with Crippen LogP contribution in [0.25, 0.3) is 11.7 Å². The fourth-order valence-electron chi connectivity index (χ4n) is 2.56. The Morgan fingerprint density at radius 2 is 2.33 bits per heavy atom. The quantitative estimate of drug-likeness (QED) is 0.823. The maximum Gasteiger partial charge on any atom is 0.293 e. The highest BCUT2D eigenvalue weighted by Gasteiger charge is 2.32. The first-order valence-corrected chi connectivity index (χ1v) is 8.70. The first-order chi connectivity index (χ1) is 10.1. The molecule has 3 heterocycles. The minimum Gasteiger partial charge on any atom is -0.459 e. The van der Waals surface area contributed by atoms with E-state index in [2.05, 4.69) is 15.0 Å². The average molecular weight is 311 g/mol. The van der Waals surface area contributed by atoms with Crippen LogP contribution in [0.3, 0.4) is 0 Å². The molecule has 1 aliphatic heterocycles. The van der Waals surface area contributed by atoms with Crippen LogP contribution in [-0.4, -0.2) is 47.6 Å². The lowest BCUT2D eigenvalue weighted by Crippen LogP contribution is -2.35.